The monoisotopic (exact) mass is 189 g/mol. The molecule has 1 nitrogen and oxygen atoms in total. The molecular weight excluding hydrogens is 170 g/mol. The Morgan fingerprint density at radius 3 is 2.79 bits per heavy atom. The molecule has 0 aromatic heterocycles. The van der Waals surface area contributed by atoms with Crippen LogP contribution in [0.15, 0.2) is 35.9 Å². The molecule has 1 aromatic rings. The molecule has 14 heavy (non-hydrogen) atoms. The fraction of sp³-hybridized carbons (Fsp3) is 0.385. The molecule has 0 aliphatic heterocycles. The molecule has 76 valence electrons. The molecule has 1 rings (SSSR count). The van der Waals surface area contributed by atoms with Gasteiger partial charge in [0.15, 0.2) is 0 Å². The van der Waals surface area contributed by atoms with Gasteiger partial charge in [-0.05, 0) is 38.8 Å². The molecular formula is C13H19N. The van der Waals surface area contributed by atoms with Gasteiger partial charge in [0.05, 0.1) is 0 Å². The van der Waals surface area contributed by atoms with E-state index in [4.69, 9.17) is 5.73 Å². The van der Waals surface area contributed by atoms with Crippen molar-refractivity contribution in [2.75, 3.05) is 6.54 Å². The van der Waals surface area contributed by atoms with Crippen LogP contribution in [0, 0.1) is 6.92 Å². The summed E-state index contributed by atoms with van der Waals surface area (Å²) in [6, 6.07) is 8.65. The summed E-state index contributed by atoms with van der Waals surface area (Å²) in [7, 11) is 0. The first-order valence-corrected chi connectivity index (χ1v) is 5.16. The van der Waals surface area contributed by atoms with Gasteiger partial charge in [-0.3, -0.25) is 0 Å². The Hall–Kier alpha value is -1.08. The van der Waals surface area contributed by atoms with E-state index in [-0.39, 0.29) is 0 Å². The molecule has 0 spiro atoms. The van der Waals surface area contributed by atoms with Gasteiger partial charge in [-0.1, -0.05) is 41.5 Å². The van der Waals surface area contributed by atoms with Crippen LogP contribution in [0.4, 0.5) is 0 Å². The van der Waals surface area contributed by atoms with Crippen molar-refractivity contribution in [3.05, 3.63) is 47.0 Å². The topological polar surface area (TPSA) is 26.0 Å². The zero-order valence-corrected chi connectivity index (χ0v) is 9.09. The first-order valence-electron chi connectivity index (χ1n) is 5.16. The molecule has 0 radical (unpaired) electrons. The van der Waals surface area contributed by atoms with Crippen LogP contribution in [0.3, 0.4) is 0 Å². The van der Waals surface area contributed by atoms with Crippen molar-refractivity contribution in [1.82, 2.24) is 0 Å². The highest BCUT2D eigenvalue weighted by Gasteiger charge is 1.98. The van der Waals surface area contributed by atoms with Gasteiger partial charge in [0, 0.05) is 0 Å². The minimum atomic E-state index is 0.742. The number of hydrogen-bond acceptors (Lipinski definition) is 1. The Morgan fingerprint density at radius 2 is 2.21 bits per heavy atom. The highest BCUT2D eigenvalue weighted by molar-refractivity contribution is 5.26. The first kappa shape index (κ1) is 11.0. The second-order valence-electron chi connectivity index (χ2n) is 3.65. The predicted molar refractivity (Wildman–Crippen MR) is 62.3 cm³/mol. The summed E-state index contributed by atoms with van der Waals surface area (Å²) in [6.07, 6.45) is 4.22. The maximum atomic E-state index is 5.55. The second-order valence-corrected chi connectivity index (χ2v) is 3.65. The molecule has 1 heteroatoms. The van der Waals surface area contributed by atoms with E-state index in [1.54, 1.807) is 0 Å². The van der Waals surface area contributed by atoms with E-state index in [2.05, 4.69) is 44.2 Å². The van der Waals surface area contributed by atoms with Crippen LogP contribution < -0.4 is 5.73 Å². The van der Waals surface area contributed by atoms with E-state index in [0.29, 0.717) is 0 Å². The molecule has 0 atom stereocenters. The maximum absolute atomic E-state index is 5.55. The third-order valence-electron chi connectivity index (χ3n) is 2.39. The third kappa shape index (κ3) is 3.35. The minimum Gasteiger partial charge on any atom is -0.330 e. The summed E-state index contributed by atoms with van der Waals surface area (Å²) in [5.74, 6) is 0. The lowest BCUT2D eigenvalue weighted by atomic mass is 10.0. The smallest absolute Gasteiger partial charge is 0.00398 e. The molecule has 0 bridgehead atoms. The average molecular weight is 189 g/mol. The van der Waals surface area contributed by atoms with E-state index < -0.39 is 0 Å². The van der Waals surface area contributed by atoms with Crippen molar-refractivity contribution in [2.24, 2.45) is 5.73 Å². The molecule has 2 N–H and O–H groups in total. The Morgan fingerprint density at radius 1 is 1.43 bits per heavy atom. The quantitative estimate of drug-likeness (QED) is 0.724. The molecule has 0 saturated carbocycles. The average Bonchev–Trinajstić information content (AvgIpc) is 2.17. The van der Waals surface area contributed by atoms with E-state index in [1.165, 1.54) is 16.7 Å². The van der Waals surface area contributed by atoms with Crippen LogP contribution in [0.2, 0.25) is 0 Å². The van der Waals surface area contributed by atoms with Crippen LogP contribution in [-0.4, -0.2) is 6.54 Å². The van der Waals surface area contributed by atoms with Crippen LogP contribution in [-0.2, 0) is 6.42 Å². The lowest BCUT2D eigenvalue weighted by Gasteiger charge is -2.06. The van der Waals surface area contributed by atoms with Gasteiger partial charge in [0.2, 0.25) is 0 Å². The van der Waals surface area contributed by atoms with Crippen molar-refractivity contribution in [3.8, 4) is 0 Å². The Labute approximate surface area is 86.6 Å². The molecule has 0 heterocycles. The van der Waals surface area contributed by atoms with Crippen molar-refractivity contribution in [3.63, 3.8) is 0 Å². The van der Waals surface area contributed by atoms with Crippen molar-refractivity contribution < 1.29 is 0 Å². The fourth-order valence-electron chi connectivity index (χ4n) is 1.60. The first-order chi connectivity index (χ1) is 6.76. The summed E-state index contributed by atoms with van der Waals surface area (Å²) in [4.78, 5) is 0. The van der Waals surface area contributed by atoms with Crippen LogP contribution in [0.1, 0.15) is 24.5 Å². The van der Waals surface area contributed by atoms with E-state index in [0.717, 1.165) is 19.4 Å². The number of allylic oxidation sites excluding steroid dienone is 1. The number of hydrogen-bond donors (Lipinski definition) is 1. The lowest BCUT2D eigenvalue weighted by Crippen LogP contribution is -2.02. The zero-order chi connectivity index (χ0) is 10.4. The largest absolute Gasteiger partial charge is 0.330 e. The van der Waals surface area contributed by atoms with Gasteiger partial charge in [-0.15, -0.1) is 0 Å². The Balaban J connectivity index is 2.67. The predicted octanol–water partition coefficient (Wildman–Crippen LogP) is 2.83. The summed E-state index contributed by atoms with van der Waals surface area (Å²) >= 11 is 0. The van der Waals surface area contributed by atoms with Crippen molar-refractivity contribution in [2.45, 2.75) is 26.7 Å². The Kier molecular flexibility index (Phi) is 4.41. The number of benzene rings is 1. The van der Waals surface area contributed by atoms with E-state index in [1.807, 2.05) is 0 Å². The number of nitrogens with two attached hydrogens (primary N) is 1. The summed E-state index contributed by atoms with van der Waals surface area (Å²) < 4.78 is 0. The second kappa shape index (κ2) is 5.61. The van der Waals surface area contributed by atoms with Crippen LogP contribution in [0.5, 0.6) is 0 Å². The summed E-state index contributed by atoms with van der Waals surface area (Å²) in [6.45, 7) is 4.95. The molecule has 1 aromatic carbocycles. The van der Waals surface area contributed by atoms with Gasteiger partial charge in [-0.2, -0.15) is 0 Å². The summed E-state index contributed by atoms with van der Waals surface area (Å²) in [5.41, 5.74) is 9.68. The van der Waals surface area contributed by atoms with Crippen molar-refractivity contribution in [1.29, 1.82) is 0 Å². The van der Waals surface area contributed by atoms with Gasteiger partial charge in [0.25, 0.3) is 0 Å². The van der Waals surface area contributed by atoms with Gasteiger partial charge < -0.3 is 5.73 Å². The molecule has 0 saturated heterocycles. The number of rotatable bonds is 4. The normalized spacial score (nSPS) is 11.8. The minimum absolute atomic E-state index is 0.742. The van der Waals surface area contributed by atoms with E-state index >= 15 is 0 Å². The molecule has 0 amide bonds. The third-order valence-corrected chi connectivity index (χ3v) is 2.39. The van der Waals surface area contributed by atoms with Gasteiger partial charge in [0.1, 0.15) is 0 Å². The molecule has 0 unspecified atom stereocenters. The van der Waals surface area contributed by atoms with Gasteiger partial charge in [-0.25, -0.2) is 0 Å². The highest BCUT2D eigenvalue weighted by atomic mass is 14.5. The van der Waals surface area contributed by atoms with Crippen LogP contribution >= 0.6 is 0 Å². The molecule has 0 fully saturated rings. The molecule has 0 aliphatic rings. The van der Waals surface area contributed by atoms with Crippen molar-refractivity contribution >= 4 is 0 Å². The SMILES string of the molecule is C/C=C(\CCN)Cc1cccc(C)c1. The molecule has 0 aliphatic carbocycles. The summed E-state index contributed by atoms with van der Waals surface area (Å²) in [5, 5.41) is 0. The van der Waals surface area contributed by atoms with E-state index in [9.17, 15) is 0 Å². The highest BCUT2D eigenvalue weighted by Crippen LogP contribution is 2.12. The van der Waals surface area contributed by atoms with Crippen LogP contribution in [0.25, 0.3) is 0 Å². The maximum Gasteiger partial charge on any atom is -0.00398 e. The van der Waals surface area contributed by atoms with Gasteiger partial charge >= 0.3 is 0 Å². The zero-order valence-electron chi connectivity index (χ0n) is 9.09. The lowest BCUT2D eigenvalue weighted by molar-refractivity contribution is 0.904. The number of aryl methyl sites for hydroxylation is 1. The fourth-order valence-corrected chi connectivity index (χ4v) is 1.60. The standard InChI is InChI=1S/C13H19N/c1-3-12(7-8-14)10-13-6-4-5-11(2)9-13/h3-6,9H,7-8,10,14H2,1-2H3/b12-3+. The Bertz CT molecular complexity index is 313.